The molecule has 0 spiro atoms. The second-order valence-corrected chi connectivity index (χ2v) is 10.0. The SMILES string of the molecule is COc1ccc2nccc(CCN3C[C@H](CNCc4cc5c(cc4F)SCCN5)[C@H](O)C3)c2n1. The summed E-state index contributed by atoms with van der Waals surface area (Å²) in [5, 5.41) is 17.3. The summed E-state index contributed by atoms with van der Waals surface area (Å²) < 4.78 is 19.8. The molecular formula is C25H30FN5O2S. The lowest BCUT2D eigenvalue weighted by Gasteiger charge is -2.20. The van der Waals surface area contributed by atoms with Crippen LogP contribution < -0.4 is 15.4 Å². The van der Waals surface area contributed by atoms with Crippen LogP contribution in [0.1, 0.15) is 11.1 Å². The van der Waals surface area contributed by atoms with Crippen LogP contribution in [-0.4, -0.2) is 71.7 Å². The number of aliphatic hydroxyl groups is 1. The number of nitrogens with zero attached hydrogens (tertiary/aromatic N) is 3. The number of rotatable bonds is 8. The van der Waals surface area contributed by atoms with Gasteiger partial charge in [-0.05, 0) is 36.2 Å². The number of β-amino-alcohol motifs (C(OH)–C–C–N with tert-alkyl or cyclic N) is 1. The first-order chi connectivity index (χ1) is 16.6. The topological polar surface area (TPSA) is 82.5 Å². The molecule has 2 aromatic heterocycles. The van der Waals surface area contributed by atoms with Crippen LogP contribution in [-0.2, 0) is 13.0 Å². The van der Waals surface area contributed by atoms with Gasteiger partial charge in [-0.2, -0.15) is 0 Å². The molecule has 1 fully saturated rings. The van der Waals surface area contributed by atoms with Crippen LogP contribution in [0.3, 0.4) is 0 Å². The highest BCUT2D eigenvalue weighted by molar-refractivity contribution is 7.99. The molecule has 3 N–H and O–H groups in total. The van der Waals surface area contributed by atoms with Crippen LogP contribution in [0.25, 0.3) is 11.0 Å². The predicted octanol–water partition coefficient (Wildman–Crippen LogP) is 2.92. The number of hydrogen-bond donors (Lipinski definition) is 3. The number of hydrogen-bond acceptors (Lipinski definition) is 8. The van der Waals surface area contributed by atoms with Crippen LogP contribution in [0.2, 0.25) is 0 Å². The van der Waals surface area contributed by atoms with Gasteiger partial charge in [-0.25, -0.2) is 9.37 Å². The minimum absolute atomic E-state index is 0.113. The lowest BCUT2D eigenvalue weighted by Crippen LogP contribution is -2.30. The highest BCUT2D eigenvalue weighted by atomic mass is 32.2. The van der Waals surface area contributed by atoms with Crippen LogP contribution in [0.4, 0.5) is 10.1 Å². The Hall–Kier alpha value is -2.46. The molecule has 1 aromatic carbocycles. The predicted molar refractivity (Wildman–Crippen MR) is 133 cm³/mol. The highest BCUT2D eigenvalue weighted by Crippen LogP contribution is 2.33. The van der Waals surface area contributed by atoms with Gasteiger partial charge in [0.2, 0.25) is 5.88 Å². The van der Waals surface area contributed by atoms with E-state index in [1.54, 1.807) is 24.9 Å². The number of fused-ring (bicyclic) bond motifs is 2. The van der Waals surface area contributed by atoms with Gasteiger partial charge < -0.3 is 25.4 Å². The van der Waals surface area contributed by atoms with Gasteiger partial charge in [-0.15, -0.1) is 11.8 Å². The Morgan fingerprint density at radius 3 is 3.06 bits per heavy atom. The van der Waals surface area contributed by atoms with Gasteiger partial charge in [-0.3, -0.25) is 4.98 Å². The largest absolute Gasteiger partial charge is 0.481 e. The molecule has 3 aromatic rings. The Bertz CT molecular complexity index is 1160. The number of aliphatic hydroxyl groups excluding tert-OH is 1. The molecule has 1 saturated heterocycles. The van der Waals surface area contributed by atoms with Gasteiger partial charge >= 0.3 is 0 Å². The van der Waals surface area contributed by atoms with E-state index < -0.39 is 6.10 Å². The standard InChI is InChI=1S/C25H30FN5O2S/c1-33-24-3-2-20-25(30-24)16(4-6-28-20)5-8-31-14-18(22(32)15-31)13-27-12-17-10-21-23(11-19(17)26)34-9-7-29-21/h2-4,6,10-11,18,22,27,29,32H,5,7-9,12-15H2,1H3/t18-,22+/m0/s1. The molecule has 4 heterocycles. The number of pyridine rings is 2. The lowest BCUT2D eigenvalue weighted by atomic mass is 10.1. The van der Waals surface area contributed by atoms with Crippen LogP contribution in [0, 0.1) is 11.7 Å². The maximum atomic E-state index is 14.5. The summed E-state index contributed by atoms with van der Waals surface area (Å²) >= 11 is 1.69. The average molecular weight is 484 g/mol. The molecule has 0 amide bonds. The van der Waals surface area contributed by atoms with E-state index in [1.807, 2.05) is 30.5 Å². The van der Waals surface area contributed by atoms with Gasteiger partial charge in [0.25, 0.3) is 0 Å². The fraction of sp³-hybridized carbons (Fsp3) is 0.440. The maximum absolute atomic E-state index is 14.5. The van der Waals surface area contributed by atoms with Crippen molar-refractivity contribution >= 4 is 28.5 Å². The molecule has 2 aliphatic heterocycles. The van der Waals surface area contributed by atoms with Crippen LogP contribution in [0.15, 0.2) is 41.4 Å². The quantitative estimate of drug-likeness (QED) is 0.451. The molecular weight excluding hydrogens is 453 g/mol. The zero-order chi connectivity index (χ0) is 23.5. The third-order valence-corrected chi connectivity index (χ3v) is 7.63. The van der Waals surface area contributed by atoms with Gasteiger partial charge in [0.05, 0.1) is 24.2 Å². The first-order valence-electron chi connectivity index (χ1n) is 11.7. The number of nitrogens with one attached hydrogen (secondary N) is 2. The molecule has 5 rings (SSSR count). The van der Waals surface area contributed by atoms with E-state index in [9.17, 15) is 9.50 Å². The Morgan fingerprint density at radius 2 is 2.18 bits per heavy atom. The summed E-state index contributed by atoms with van der Waals surface area (Å²) in [6.07, 6.45) is 2.23. The smallest absolute Gasteiger partial charge is 0.213 e. The molecule has 0 saturated carbocycles. The van der Waals surface area contributed by atoms with E-state index in [2.05, 4.69) is 25.5 Å². The first-order valence-corrected chi connectivity index (χ1v) is 12.7. The summed E-state index contributed by atoms with van der Waals surface area (Å²) in [7, 11) is 1.61. The van der Waals surface area contributed by atoms with Crippen molar-refractivity contribution in [1.29, 1.82) is 0 Å². The third-order valence-electron chi connectivity index (χ3n) is 6.58. The molecule has 0 radical (unpaired) electrons. The molecule has 180 valence electrons. The zero-order valence-corrected chi connectivity index (χ0v) is 20.1. The van der Waals surface area contributed by atoms with Gasteiger partial charge in [0, 0.05) is 79.3 Å². The highest BCUT2D eigenvalue weighted by Gasteiger charge is 2.30. The third kappa shape index (κ3) is 5.12. The van der Waals surface area contributed by atoms with Crippen molar-refractivity contribution in [3.05, 3.63) is 53.5 Å². The number of thioether (sulfide) groups is 1. The van der Waals surface area contributed by atoms with E-state index in [0.29, 0.717) is 31.1 Å². The number of methoxy groups -OCH3 is 1. The van der Waals surface area contributed by atoms with Crippen molar-refractivity contribution in [2.75, 3.05) is 50.9 Å². The molecule has 9 heteroatoms. The van der Waals surface area contributed by atoms with Crippen molar-refractivity contribution in [2.24, 2.45) is 5.92 Å². The second kappa shape index (κ2) is 10.4. The number of anilines is 1. The summed E-state index contributed by atoms with van der Waals surface area (Å²) in [5.41, 5.74) is 4.50. The summed E-state index contributed by atoms with van der Waals surface area (Å²) in [5.74, 6) is 1.48. The van der Waals surface area contributed by atoms with E-state index in [4.69, 9.17) is 4.74 Å². The lowest BCUT2D eigenvalue weighted by molar-refractivity contribution is 0.140. The van der Waals surface area contributed by atoms with E-state index in [0.717, 1.165) is 59.0 Å². The minimum atomic E-state index is -0.397. The van der Waals surface area contributed by atoms with E-state index in [1.165, 1.54) is 0 Å². The number of ether oxygens (including phenoxy) is 1. The normalized spacial score (nSPS) is 20.3. The zero-order valence-electron chi connectivity index (χ0n) is 19.3. The Balaban J connectivity index is 1.14. The summed E-state index contributed by atoms with van der Waals surface area (Å²) in [4.78, 5) is 12.2. The summed E-state index contributed by atoms with van der Waals surface area (Å²) in [6, 6.07) is 9.28. The van der Waals surface area contributed by atoms with Gasteiger partial charge in [0.1, 0.15) is 5.82 Å². The van der Waals surface area contributed by atoms with Crippen molar-refractivity contribution < 1.29 is 14.2 Å². The molecule has 7 nitrogen and oxygen atoms in total. The molecule has 0 aliphatic carbocycles. The second-order valence-electron chi connectivity index (χ2n) is 8.87. The molecule has 0 unspecified atom stereocenters. The van der Waals surface area contributed by atoms with Crippen molar-refractivity contribution in [3.63, 3.8) is 0 Å². The Kier molecular flexibility index (Phi) is 7.15. The van der Waals surface area contributed by atoms with Crippen LogP contribution in [0.5, 0.6) is 5.88 Å². The number of halogens is 1. The van der Waals surface area contributed by atoms with E-state index in [-0.39, 0.29) is 11.7 Å². The number of benzene rings is 1. The van der Waals surface area contributed by atoms with E-state index >= 15 is 0 Å². The average Bonchev–Trinajstić information content (AvgIpc) is 3.21. The summed E-state index contributed by atoms with van der Waals surface area (Å²) in [6.45, 7) is 4.27. The Labute approximate surface area is 203 Å². The fourth-order valence-corrected chi connectivity index (χ4v) is 5.61. The first kappa shape index (κ1) is 23.3. The van der Waals surface area contributed by atoms with Gasteiger partial charge in [-0.1, -0.05) is 0 Å². The molecule has 34 heavy (non-hydrogen) atoms. The van der Waals surface area contributed by atoms with Crippen molar-refractivity contribution in [1.82, 2.24) is 20.2 Å². The molecule has 2 aliphatic rings. The van der Waals surface area contributed by atoms with Gasteiger partial charge in [0.15, 0.2) is 0 Å². The minimum Gasteiger partial charge on any atom is -0.481 e. The maximum Gasteiger partial charge on any atom is 0.213 e. The monoisotopic (exact) mass is 483 g/mol. The number of aromatic nitrogens is 2. The van der Waals surface area contributed by atoms with Crippen molar-refractivity contribution in [2.45, 2.75) is 24.0 Å². The molecule has 0 bridgehead atoms. The van der Waals surface area contributed by atoms with Crippen molar-refractivity contribution in [3.8, 4) is 5.88 Å². The number of likely N-dealkylation sites (tertiary alicyclic amines) is 1. The van der Waals surface area contributed by atoms with Crippen LogP contribution >= 0.6 is 11.8 Å². The molecule has 2 atom stereocenters. The Morgan fingerprint density at radius 1 is 1.26 bits per heavy atom. The fourth-order valence-electron chi connectivity index (χ4n) is 4.71.